The van der Waals surface area contributed by atoms with Gasteiger partial charge in [0.05, 0.1) is 12.0 Å². The van der Waals surface area contributed by atoms with Crippen molar-refractivity contribution >= 4 is 11.0 Å². The highest BCUT2D eigenvalue weighted by Crippen LogP contribution is 2.32. The first kappa shape index (κ1) is 11.0. The van der Waals surface area contributed by atoms with Crippen LogP contribution in [-0.4, -0.2) is 16.3 Å². The van der Waals surface area contributed by atoms with Crippen molar-refractivity contribution in [2.45, 2.75) is 6.42 Å². The molecule has 0 fully saturated rings. The fourth-order valence-corrected chi connectivity index (χ4v) is 2.27. The molecule has 0 aliphatic carbocycles. The van der Waals surface area contributed by atoms with Gasteiger partial charge in [-0.1, -0.05) is 18.2 Å². The van der Waals surface area contributed by atoms with E-state index in [-0.39, 0.29) is 0 Å². The molecule has 2 heterocycles. The number of nitrogens with zero attached hydrogens (tertiary/aromatic N) is 2. The van der Waals surface area contributed by atoms with Crippen LogP contribution < -0.4 is 5.73 Å². The van der Waals surface area contributed by atoms with E-state index in [1.165, 1.54) is 0 Å². The maximum absolute atomic E-state index is 5.63. The standard InChI is InChI=1S/C14H15N3O/c1-17-8-11(13(16-17)6-7-15)12-9-18-14-5-3-2-4-10(12)14/h2-5,8-9H,6-7,15H2,1H3. The van der Waals surface area contributed by atoms with Crippen LogP contribution in [0.4, 0.5) is 0 Å². The van der Waals surface area contributed by atoms with Crippen molar-refractivity contribution < 1.29 is 4.42 Å². The molecular weight excluding hydrogens is 226 g/mol. The SMILES string of the molecule is Cn1cc(-c2coc3ccccc23)c(CCN)n1. The summed E-state index contributed by atoms with van der Waals surface area (Å²) in [5.41, 5.74) is 9.74. The smallest absolute Gasteiger partial charge is 0.134 e. The van der Waals surface area contributed by atoms with Crippen LogP contribution in [0.15, 0.2) is 41.1 Å². The van der Waals surface area contributed by atoms with Gasteiger partial charge >= 0.3 is 0 Å². The van der Waals surface area contributed by atoms with E-state index in [4.69, 9.17) is 10.2 Å². The number of nitrogens with two attached hydrogens (primary N) is 1. The predicted molar refractivity (Wildman–Crippen MR) is 71.2 cm³/mol. The quantitative estimate of drug-likeness (QED) is 0.765. The van der Waals surface area contributed by atoms with Gasteiger partial charge in [0, 0.05) is 36.2 Å². The molecule has 0 bridgehead atoms. The van der Waals surface area contributed by atoms with Gasteiger partial charge in [0.15, 0.2) is 0 Å². The van der Waals surface area contributed by atoms with E-state index in [0.717, 1.165) is 34.2 Å². The van der Waals surface area contributed by atoms with Crippen molar-refractivity contribution in [1.29, 1.82) is 0 Å². The lowest BCUT2D eigenvalue weighted by Gasteiger charge is -1.98. The van der Waals surface area contributed by atoms with Crippen LogP contribution in [0.2, 0.25) is 0 Å². The third kappa shape index (κ3) is 1.71. The summed E-state index contributed by atoms with van der Waals surface area (Å²) in [6, 6.07) is 8.02. The fraction of sp³-hybridized carbons (Fsp3) is 0.214. The van der Waals surface area contributed by atoms with Crippen molar-refractivity contribution in [1.82, 2.24) is 9.78 Å². The molecule has 0 saturated carbocycles. The maximum atomic E-state index is 5.63. The molecule has 0 unspecified atom stereocenters. The van der Waals surface area contributed by atoms with Gasteiger partial charge < -0.3 is 10.2 Å². The van der Waals surface area contributed by atoms with Crippen LogP contribution in [0.25, 0.3) is 22.1 Å². The molecule has 92 valence electrons. The van der Waals surface area contributed by atoms with Crippen molar-refractivity contribution in [3.05, 3.63) is 42.4 Å². The second kappa shape index (κ2) is 4.31. The van der Waals surface area contributed by atoms with Crippen LogP contribution in [0, 0.1) is 0 Å². The Labute approximate surface area is 105 Å². The van der Waals surface area contributed by atoms with Gasteiger partial charge in [-0.05, 0) is 12.6 Å². The van der Waals surface area contributed by atoms with Crippen LogP contribution in [-0.2, 0) is 13.5 Å². The molecule has 4 nitrogen and oxygen atoms in total. The van der Waals surface area contributed by atoms with E-state index in [1.807, 2.05) is 36.1 Å². The molecule has 0 saturated heterocycles. The summed E-state index contributed by atoms with van der Waals surface area (Å²) in [5, 5.41) is 5.57. The zero-order chi connectivity index (χ0) is 12.5. The lowest BCUT2D eigenvalue weighted by Crippen LogP contribution is -2.04. The van der Waals surface area contributed by atoms with Crippen molar-refractivity contribution in [2.75, 3.05) is 6.54 Å². The topological polar surface area (TPSA) is 57.0 Å². The highest BCUT2D eigenvalue weighted by molar-refractivity contribution is 5.94. The summed E-state index contributed by atoms with van der Waals surface area (Å²) >= 11 is 0. The molecule has 3 aromatic rings. The molecule has 4 heteroatoms. The fourth-order valence-electron chi connectivity index (χ4n) is 2.27. The van der Waals surface area contributed by atoms with Crippen LogP contribution in [0.1, 0.15) is 5.69 Å². The monoisotopic (exact) mass is 241 g/mol. The summed E-state index contributed by atoms with van der Waals surface area (Å²) in [5.74, 6) is 0. The van der Waals surface area contributed by atoms with E-state index in [2.05, 4.69) is 11.2 Å². The number of benzene rings is 1. The predicted octanol–water partition coefficient (Wildman–Crippen LogP) is 2.33. The molecule has 0 aliphatic heterocycles. The third-order valence-electron chi connectivity index (χ3n) is 3.06. The highest BCUT2D eigenvalue weighted by Gasteiger charge is 2.14. The van der Waals surface area contributed by atoms with Gasteiger partial charge in [-0.3, -0.25) is 4.68 Å². The maximum Gasteiger partial charge on any atom is 0.134 e. The van der Waals surface area contributed by atoms with Crippen molar-refractivity contribution in [3.8, 4) is 11.1 Å². The zero-order valence-electron chi connectivity index (χ0n) is 10.3. The normalized spacial score (nSPS) is 11.2. The van der Waals surface area contributed by atoms with E-state index in [0.29, 0.717) is 6.54 Å². The van der Waals surface area contributed by atoms with E-state index in [1.54, 1.807) is 6.26 Å². The molecule has 0 amide bonds. The zero-order valence-corrected chi connectivity index (χ0v) is 10.3. The Kier molecular flexibility index (Phi) is 2.64. The number of furan rings is 1. The van der Waals surface area contributed by atoms with Crippen molar-refractivity contribution in [2.24, 2.45) is 12.8 Å². The summed E-state index contributed by atoms with van der Waals surface area (Å²) in [6.45, 7) is 0.597. The number of para-hydroxylation sites is 1. The molecule has 0 atom stereocenters. The Balaban J connectivity index is 2.19. The van der Waals surface area contributed by atoms with Gasteiger partial charge in [-0.15, -0.1) is 0 Å². The minimum absolute atomic E-state index is 0.597. The Bertz CT molecular complexity index is 681. The molecule has 2 N–H and O–H groups in total. The first-order chi connectivity index (χ1) is 8.79. The summed E-state index contributed by atoms with van der Waals surface area (Å²) in [6.07, 6.45) is 4.58. The third-order valence-corrected chi connectivity index (χ3v) is 3.06. The average molecular weight is 241 g/mol. The summed E-state index contributed by atoms with van der Waals surface area (Å²) < 4.78 is 7.40. The largest absolute Gasteiger partial charge is 0.464 e. The van der Waals surface area contributed by atoms with Gasteiger partial charge in [-0.25, -0.2) is 0 Å². The Hall–Kier alpha value is -2.07. The first-order valence-corrected chi connectivity index (χ1v) is 5.99. The minimum Gasteiger partial charge on any atom is -0.464 e. The molecule has 0 aliphatic rings. The highest BCUT2D eigenvalue weighted by atomic mass is 16.3. The number of aryl methyl sites for hydroxylation is 1. The molecule has 2 aromatic heterocycles. The summed E-state index contributed by atoms with van der Waals surface area (Å²) in [7, 11) is 1.92. The van der Waals surface area contributed by atoms with Gasteiger partial charge in [0.1, 0.15) is 5.58 Å². The lowest BCUT2D eigenvalue weighted by molar-refractivity contribution is 0.617. The van der Waals surface area contributed by atoms with Gasteiger partial charge in [0.25, 0.3) is 0 Å². The van der Waals surface area contributed by atoms with Gasteiger partial charge in [0.2, 0.25) is 0 Å². The average Bonchev–Trinajstić information content (AvgIpc) is 2.93. The second-order valence-corrected chi connectivity index (χ2v) is 4.35. The number of fused-ring (bicyclic) bond motifs is 1. The Morgan fingerprint density at radius 1 is 1.28 bits per heavy atom. The number of hydrogen-bond acceptors (Lipinski definition) is 3. The Morgan fingerprint density at radius 3 is 2.94 bits per heavy atom. The van der Waals surface area contributed by atoms with E-state index < -0.39 is 0 Å². The molecule has 18 heavy (non-hydrogen) atoms. The minimum atomic E-state index is 0.597. The van der Waals surface area contributed by atoms with Gasteiger partial charge in [-0.2, -0.15) is 5.10 Å². The summed E-state index contributed by atoms with van der Waals surface area (Å²) in [4.78, 5) is 0. The Morgan fingerprint density at radius 2 is 2.11 bits per heavy atom. The molecule has 0 radical (unpaired) electrons. The number of hydrogen-bond donors (Lipinski definition) is 1. The van der Waals surface area contributed by atoms with E-state index >= 15 is 0 Å². The second-order valence-electron chi connectivity index (χ2n) is 4.35. The lowest BCUT2D eigenvalue weighted by atomic mass is 10.0. The van der Waals surface area contributed by atoms with Crippen LogP contribution in [0.5, 0.6) is 0 Å². The number of aromatic nitrogens is 2. The number of rotatable bonds is 3. The van der Waals surface area contributed by atoms with Crippen LogP contribution in [0.3, 0.4) is 0 Å². The molecular formula is C14H15N3O. The molecule has 3 rings (SSSR count). The first-order valence-electron chi connectivity index (χ1n) is 5.99. The molecule has 1 aromatic carbocycles. The van der Waals surface area contributed by atoms with Crippen molar-refractivity contribution in [3.63, 3.8) is 0 Å². The van der Waals surface area contributed by atoms with E-state index in [9.17, 15) is 0 Å². The van der Waals surface area contributed by atoms with Crippen LogP contribution >= 0.6 is 0 Å². The molecule has 0 spiro atoms.